The molecule has 0 aromatic rings. The largest absolute Gasteiger partial charge is 0.227 e. The molecule has 0 spiro atoms. The molecule has 0 unspecified atom stereocenters. The third kappa shape index (κ3) is 3.80. The molecular weight excluding hydrogens is 82.1 g/mol. The maximum absolute atomic E-state index is 4.20. The van der Waals surface area contributed by atoms with Gasteiger partial charge in [0.15, 0.2) is 0 Å². The highest BCUT2D eigenvalue weighted by Gasteiger charge is 1.51. The topological polar surface area (TPSA) is 12.4 Å². The van der Waals surface area contributed by atoms with Crippen LogP contribution in [0.3, 0.4) is 0 Å². The van der Waals surface area contributed by atoms with E-state index in [1.54, 1.807) is 13.5 Å². The Bertz CT molecular complexity index is 53.9. The molecule has 1 nitrogen and oxygen atoms in total. The van der Waals surface area contributed by atoms with Gasteiger partial charge in [0, 0.05) is 0 Å². The van der Waals surface area contributed by atoms with Crippen molar-refractivity contribution in [2.75, 3.05) is 0 Å². The first kappa shape index (κ1) is 4.80. The number of thiocarbonyl (C=S) groups is 1. The van der Waals surface area contributed by atoms with Crippen molar-refractivity contribution in [1.82, 2.24) is 0 Å². The van der Waals surface area contributed by atoms with Crippen LogP contribution in [0.5, 0.6) is 0 Å². The summed E-state index contributed by atoms with van der Waals surface area (Å²) in [5.41, 5.74) is 0. The van der Waals surface area contributed by atoms with Crippen molar-refractivity contribution in [2.45, 2.75) is 6.92 Å². The molecule has 0 aliphatic heterocycles. The normalized spacial score (nSPS) is 5.80. The van der Waals surface area contributed by atoms with E-state index in [4.69, 9.17) is 0 Å². The van der Waals surface area contributed by atoms with Gasteiger partial charge in [0.25, 0.3) is 0 Å². The molecule has 0 amide bonds. The van der Waals surface area contributed by atoms with Gasteiger partial charge in [0.05, 0.1) is 11.7 Å². The summed E-state index contributed by atoms with van der Waals surface area (Å²) in [6.07, 6.45) is 0. The molecule has 2 heteroatoms. The molecule has 0 fully saturated rings. The van der Waals surface area contributed by atoms with E-state index in [1.807, 2.05) is 0 Å². The Morgan fingerprint density at radius 2 is 2.60 bits per heavy atom. The molecule has 0 heterocycles. The van der Waals surface area contributed by atoms with Crippen molar-refractivity contribution in [3.63, 3.8) is 0 Å². The van der Waals surface area contributed by atoms with Crippen molar-refractivity contribution in [3.05, 3.63) is 6.54 Å². The third-order valence-corrected chi connectivity index (χ3v) is 0.287. The molecule has 0 bridgehead atoms. The standard InChI is InChI=1S/C3H4NS/c1-2-4-3-5/h2H,1H3. The minimum absolute atomic E-state index is 1.59. The molecule has 0 saturated heterocycles. The van der Waals surface area contributed by atoms with Gasteiger partial charge in [-0.15, -0.1) is 0 Å². The summed E-state index contributed by atoms with van der Waals surface area (Å²) in [6, 6.07) is 0. The van der Waals surface area contributed by atoms with E-state index < -0.39 is 0 Å². The van der Waals surface area contributed by atoms with Crippen LogP contribution in [-0.2, 0) is 0 Å². The smallest absolute Gasteiger partial charge is 0.0803 e. The molecule has 0 aliphatic rings. The second-order valence-electron chi connectivity index (χ2n) is 0.479. The van der Waals surface area contributed by atoms with Gasteiger partial charge < -0.3 is 0 Å². The van der Waals surface area contributed by atoms with E-state index >= 15 is 0 Å². The third-order valence-electron chi connectivity index (χ3n) is 0.182. The molecule has 0 atom stereocenters. The van der Waals surface area contributed by atoms with E-state index in [0.29, 0.717) is 0 Å². The van der Waals surface area contributed by atoms with Crippen LogP contribution in [0.4, 0.5) is 0 Å². The Morgan fingerprint density at radius 1 is 2.00 bits per heavy atom. The average Bonchev–Trinajstić information content (AvgIpc) is 1.41. The monoisotopic (exact) mass is 86.0 g/mol. The fourth-order valence-electron chi connectivity index (χ4n) is 0.0527. The molecule has 0 aromatic carbocycles. The molecule has 0 aliphatic carbocycles. The van der Waals surface area contributed by atoms with Crippen LogP contribution in [0.15, 0.2) is 4.99 Å². The summed E-state index contributed by atoms with van der Waals surface area (Å²) in [6.45, 7) is 3.38. The summed E-state index contributed by atoms with van der Waals surface area (Å²) in [4.78, 5) is 3.41. The molecule has 0 saturated carbocycles. The van der Waals surface area contributed by atoms with Gasteiger partial charge in [-0.25, -0.2) is 4.99 Å². The van der Waals surface area contributed by atoms with Crippen LogP contribution in [0.25, 0.3) is 0 Å². The van der Waals surface area contributed by atoms with Crippen molar-refractivity contribution >= 4 is 17.4 Å². The predicted molar refractivity (Wildman–Crippen MR) is 25.0 cm³/mol. The number of hydrogen-bond acceptors (Lipinski definition) is 2. The summed E-state index contributed by atoms with van der Waals surface area (Å²) < 4.78 is 0. The van der Waals surface area contributed by atoms with Crippen LogP contribution >= 0.6 is 12.2 Å². The maximum atomic E-state index is 4.20. The minimum atomic E-state index is 1.59. The Kier molecular flexibility index (Phi) is 3.65. The second kappa shape index (κ2) is 3.80. The minimum Gasteiger partial charge on any atom is -0.227 e. The van der Waals surface area contributed by atoms with Crippen LogP contribution in [0.1, 0.15) is 6.92 Å². The summed E-state index contributed by atoms with van der Waals surface area (Å²) in [5.74, 6) is 0. The summed E-state index contributed by atoms with van der Waals surface area (Å²) >= 11 is 4.20. The van der Waals surface area contributed by atoms with Gasteiger partial charge in [-0.05, 0) is 19.1 Å². The zero-order valence-corrected chi connectivity index (χ0v) is 3.75. The Hall–Kier alpha value is -0.200. The highest BCUT2D eigenvalue weighted by molar-refractivity contribution is 7.78. The lowest BCUT2D eigenvalue weighted by Gasteiger charge is -1.58. The van der Waals surface area contributed by atoms with Crippen molar-refractivity contribution in [1.29, 1.82) is 0 Å². The fraction of sp³-hybridized carbons (Fsp3) is 0.333. The van der Waals surface area contributed by atoms with Crippen LogP contribution in [-0.4, -0.2) is 5.16 Å². The number of isothiocyanates is 1. The lowest BCUT2D eigenvalue weighted by atomic mass is 10.8. The van der Waals surface area contributed by atoms with Crippen LogP contribution in [0, 0.1) is 6.54 Å². The molecule has 0 N–H and O–H groups in total. The molecule has 5 heavy (non-hydrogen) atoms. The zero-order chi connectivity index (χ0) is 4.12. The fourth-order valence-corrected chi connectivity index (χ4v) is 0.158. The summed E-state index contributed by atoms with van der Waals surface area (Å²) in [5, 5.41) is 2.17. The van der Waals surface area contributed by atoms with Crippen LogP contribution in [0.2, 0.25) is 0 Å². The molecular formula is C3H4NS. The lowest BCUT2D eigenvalue weighted by molar-refractivity contribution is 1.34. The highest BCUT2D eigenvalue weighted by Crippen LogP contribution is 1.65. The Labute approximate surface area is 36.7 Å². The van der Waals surface area contributed by atoms with Gasteiger partial charge in [-0.3, -0.25) is 0 Å². The van der Waals surface area contributed by atoms with E-state index in [0.717, 1.165) is 0 Å². The molecule has 1 radical (unpaired) electrons. The zero-order valence-electron chi connectivity index (χ0n) is 2.93. The SMILES string of the molecule is C[CH]N=C=S. The van der Waals surface area contributed by atoms with Crippen molar-refractivity contribution in [2.24, 2.45) is 4.99 Å². The van der Waals surface area contributed by atoms with E-state index in [1.165, 1.54) is 0 Å². The number of aliphatic imine (C=N–C) groups is 1. The first-order valence-electron chi connectivity index (χ1n) is 1.26. The van der Waals surface area contributed by atoms with E-state index in [-0.39, 0.29) is 0 Å². The average molecular weight is 86.1 g/mol. The van der Waals surface area contributed by atoms with Gasteiger partial charge in [0.1, 0.15) is 0 Å². The lowest BCUT2D eigenvalue weighted by Crippen LogP contribution is -1.45. The molecule has 0 rings (SSSR count). The van der Waals surface area contributed by atoms with Gasteiger partial charge in [0.2, 0.25) is 0 Å². The number of hydrogen-bond donors (Lipinski definition) is 0. The van der Waals surface area contributed by atoms with Gasteiger partial charge in [-0.2, -0.15) is 0 Å². The van der Waals surface area contributed by atoms with Gasteiger partial charge >= 0.3 is 0 Å². The molecule has 27 valence electrons. The van der Waals surface area contributed by atoms with E-state index in [9.17, 15) is 0 Å². The quantitative estimate of drug-likeness (QED) is 0.346. The Morgan fingerprint density at radius 3 is 2.60 bits per heavy atom. The first-order chi connectivity index (χ1) is 2.41. The Balaban J connectivity index is 2.93. The van der Waals surface area contributed by atoms with Crippen LogP contribution < -0.4 is 0 Å². The predicted octanol–water partition coefficient (Wildman–Crippen LogP) is 1.27. The highest BCUT2D eigenvalue weighted by atomic mass is 32.1. The van der Waals surface area contributed by atoms with Gasteiger partial charge in [-0.1, -0.05) is 0 Å². The van der Waals surface area contributed by atoms with Crippen molar-refractivity contribution < 1.29 is 0 Å². The summed E-state index contributed by atoms with van der Waals surface area (Å²) in [7, 11) is 0. The second-order valence-corrected chi connectivity index (χ2v) is 0.661. The first-order valence-corrected chi connectivity index (χ1v) is 1.67. The maximum Gasteiger partial charge on any atom is 0.0803 e. The van der Waals surface area contributed by atoms with E-state index in [2.05, 4.69) is 22.4 Å². The molecule has 0 aromatic heterocycles. The van der Waals surface area contributed by atoms with Crippen molar-refractivity contribution in [3.8, 4) is 0 Å². The number of rotatable bonds is 1. The number of nitrogens with zero attached hydrogens (tertiary/aromatic N) is 1.